The average molecular weight is 419 g/mol. The average Bonchev–Trinajstić information content (AvgIpc) is 2.62. The second-order valence-electron chi connectivity index (χ2n) is 6.08. The summed E-state index contributed by atoms with van der Waals surface area (Å²) in [5.74, 6) is 0.367. The maximum Gasteiger partial charge on any atom is 0.259 e. The number of ether oxygens (including phenoxy) is 1. The lowest BCUT2D eigenvalue weighted by atomic mass is 10.0. The monoisotopic (exact) mass is 418 g/mol. The van der Waals surface area contributed by atoms with Crippen molar-refractivity contribution in [1.29, 1.82) is 0 Å². The maximum absolute atomic E-state index is 13.1. The molecule has 0 N–H and O–H groups in total. The molecule has 0 radical (unpaired) electrons. The zero-order valence-electron chi connectivity index (χ0n) is 15.3. The van der Waals surface area contributed by atoms with Crippen molar-refractivity contribution in [2.45, 2.75) is 26.7 Å². The predicted molar refractivity (Wildman–Crippen MR) is 106 cm³/mol. The molecule has 1 aromatic carbocycles. The second-order valence-corrected chi connectivity index (χ2v) is 6.99. The van der Waals surface area contributed by atoms with Crippen LogP contribution in [0, 0.1) is 6.92 Å². The molecule has 138 valence electrons. The van der Waals surface area contributed by atoms with Crippen LogP contribution in [0.2, 0.25) is 0 Å². The molecule has 0 unspecified atom stereocenters. The molecule has 0 saturated carbocycles. The number of hydrogen-bond acceptors (Lipinski definition) is 4. The molecule has 26 heavy (non-hydrogen) atoms. The van der Waals surface area contributed by atoms with Gasteiger partial charge in [-0.3, -0.25) is 14.5 Å². The van der Waals surface area contributed by atoms with Gasteiger partial charge in [-0.15, -0.1) is 0 Å². The fraction of sp³-hybridized carbons (Fsp3) is 0.350. The Morgan fingerprint density at radius 3 is 2.58 bits per heavy atom. The molecule has 1 amide bonds. The minimum absolute atomic E-state index is 0.0504. The van der Waals surface area contributed by atoms with Crippen LogP contribution in [-0.2, 0) is 4.74 Å². The van der Waals surface area contributed by atoms with Crippen LogP contribution >= 0.6 is 15.9 Å². The number of ketones is 1. The van der Waals surface area contributed by atoms with Crippen molar-refractivity contribution in [2.24, 2.45) is 0 Å². The van der Waals surface area contributed by atoms with Gasteiger partial charge in [0.2, 0.25) is 0 Å². The molecule has 2 rings (SSSR count). The van der Waals surface area contributed by atoms with Crippen LogP contribution in [0.25, 0.3) is 0 Å². The summed E-state index contributed by atoms with van der Waals surface area (Å²) in [7, 11) is 1.66. The Morgan fingerprint density at radius 1 is 1.19 bits per heavy atom. The molecule has 1 heterocycles. The van der Waals surface area contributed by atoms with Gasteiger partial charge in [-0.1, -0.05) is 6.07 Å². The number of amides is 1. The third-order valence-corrected chi connectivity index (χ3v) is 4.55. The highest BCUT2D eigenvalue weighted by molar-refractivity contribution is 9.10. The number of hydrogen-bond donors (Lipinski definition) is 0. The number of rotatable bonds is 8. The molecule has 0 spiro atoms. The summed E-state index contributed by atoms with van der Waals surface area (Å²) in [5.41, 5.74) is 1.92. The summed E-state index contributed by atoms with van der Waals surface area (Å²) in [5, 5.41) is 0. The van der Waals surface area contributed by atoms with E-state index in [0.717, 1.165) is 22.9 Å². The minimum atomic E-state index is -0.167. The van der Waals surface area contributed by atoms with Crippen molar-refractivity contribution in [2.75, 3.05) is 25.2 Å². The highest BCUT2D eigenvalue weighted by atomic mass is 79.9. The Labute approximate surface area is 162 Å². The number of aromatic nitrogens is 1. The van der Waals surface area contributed by atoms with Gasteiger partial charge in [0.15, 0.2) is 5.78 Å². The molecule has 1 aromatic heterocycles. The number of Topliss-reactive ketones (excluding diaryl/α,β-unsaturated/α-hetero) is 1. The largest absolute Gasteiger partial charge is 0.385 e. The molecular formula is C20H23BrN2O3. The second kappa shape index (κ2) is 9.59. The molecular weight excluding hydrogens is 396 g/mol. The third kappa shape index (κ3) is 5.22. The molecule has 0 aliphatic carbocycles. The van der Waals surface area contributed by atoms with Crippen LogP contribution in [0.15, 0.2) is 41.0 Å². The summed E-state index contributed by atoms with van der Waals surface area (Å²) < 4.78 is 5.93. The number of carbonyl (C=O) groups is 2. The van der Waals surface area contributed by atoms with E-state index in [4.69, 9.17) is 4.74 Å². The van der Waals surface area contributed by atoms with Crippen LogP contribution in [-0.4, -0.2) is 36.9 Å². The van der Waals surface area contributed by atoms with Gasteiger partial charge in [-0.05, 0) is 72.4 Å². The first-order valence-electron chi connectivity index (χ1n) is 8.48. The molecule has 6 heteroatoms. The number of carbonyl (C=O) groups excluding carboxylic acids is 2. The quantitative estimate of drug-likeness (QED) is 0.469. The molecule has 0 bridgehead atoms. The van der Waals surface area contributed by atoms with Crippen molar-refractivity contribution in [1.82, 2.24) is 4.98 Å². The Bertz CT molecular complexity index is 775. The molecule has 0 aliphatic heterocycles. The predicted octanol–water partition coefficient (Wildman–Crippen LogP) is 4.43. The fourth-order valence-corrected chi connectivity index (χ4v) is 2.89. The van der Waals surface area contributed by atoms with E-state index < -0.39 is 0 Å². The van der Waals surface area contributed by atoms with Crippen molar-refractivity contribution in [3.8, 4) is 0 Å². The summed E-state index contributed by atoms with van der Waals surface area (Å²) in [6.45, 7) is 4.55. The minimum Gasteiger partial charge on any atom is -0.385 e. The van der Waals surface area contributed by atoms with Crippen LogP contribution < -0.4 is 4.90 Å². The Morgan fingerprint density at radius 2 is 1.96 bits per heavy atom. The van der Waals surface area contributed by atoms with Crippen LogP contribution in [0.5, 0.6) is 0 Å². The SMILES string of the molecule is COCCCCN(C(=O)c1ccc(C)c(C(C)=O)c1)c1ccc(Br)cn1. The highest BCUT2D eigenvalue weighted by Crippen LogP contribution is 2.20. The van der Waals surface area contributed by atoms with E-state index >= 15 is 0 Å². The van der Waals surface area contributed by atoms with Crippen LogP contribution in [0.3, 0.4) is 0 Å². The number of nitrogens with zero attached hydrogens (tertiary/aromatic N) is 2. The number of benzene rings is 1. The van der Waals surface area contributed by atoms with E-state index in [-0.39, 0.29) is 11.7 Å². The van der Waals surface area contributed by atoms with E-state index in [0.29, 0.717) is 30.1 Å². The van der Waals surface area contributed by atoms with Crippen LogP contribution in [0.4, 0.5) is 5.82 Å². The van der Waals surface area contributed by atoms with E-state index in [9.17, 15) is 9.59 Å². The topological polar surface area (TPSA) is 59.5 Å². The van der Waals surface area contributed by atoms with Crippen molar-refractivity contribution in [3.05, 3.63) is 57.7 Å². The van der Waals surface area contributed by atoms with E-state index in [1.165, 1.54) is 6.92 Å². The number of pyridine rings is 1. The normalized spacial score (nSPS) is 10.6. The summed E-state index contributed by atoms with van der Waals surface area (Å²) in [6, 6.07) is 8.89. The Balaban J connectivity index is 2.31. The molecule has 5 nitrogen and oxygen atoms in total. The molecule has 0 saturated heterocycles. The third-order valence-electron chi connectivity index (χ3n) is 4.08. The highest BCUT2D eigenvalue weighted by Gasteiger charge is 2.20. The first kappa shape index (κ1) is 20.3. The number of methoxy groups -OCH3 is 1. The molecule has 0 atom stereocenters. The van der Waals surface area contributed by atoms with Gasteiger partial charge in [0, 0.05) is 42.1 Å². The zero-order chi connectivity index (χ0) is 19.1. The van der Waals surface area contributed by atoms with Gasteiger partial charge in [0.05, 0.1) is 0 Å². The number of halogens is 1. The summed E-state index contributed by atoms with van der Waals surface area (Å²) in [4.78, 5) is 30.9. The van der Waals surface area contributed by atoms with Gasteiger partial charge < -0.3 is 4.74 Å². The number of aryl methyl sites for hydroxylation is 1. The standard InChI is InChI=1S/C20H23BrN2O3/c1-14-6-7-16(12-18(14)15(2)24)20(25)23(10-4-5-11-26-3)19-9-8-17(21)13-22-19/h6-9,12-13H,4-5,10-11H2,1-3H3. The van der Waals surface area contributed by atoms with Gasteiger partial charge in [-0.25, -0.2) is 4.98 Å². The van der Waals surface area contributed by atoms with Crippen molar-refractivity contribution in [3.63, 3.8) is 0 Å². The molecule has 2 aromatic rings. The zero-order valence-corrected chi connectivity index (χ0v) is 16.9. The molecule has 0 aliphatic rings. The smallest absolute Gasteiger partial charge is 0.259 e. The van der Waals surface area contributed by atoms with E-state index in [2.05, 4.69) is 20.9 Å². The van der Waals surface area contributed by atoms with Crippen molar-refractivity contribution >= 4 is 33.4 Å². The first-order valence-corrected chi connectivity index (χ1v) is 9.27. The van der Waals surface area contributed by atoms with Crippen molar-refractivity contribution < 1.29 is 14.3 Å². The van der Waals surface area contributed by atoms with Gasteiger partial charge in [0.1, 0.15) is 5.82 Å². The van der Waals surface area contributed by atoms with Gasteiger partial charge in [-0.2, -0.15) is 0 Å². The van der Waals surface area contributed by atoms with Crippen LogP contribution in [0.1, 0.15) is 46.0 Å². The molecule has 0 fully saturated rings. The lowest BCUT2D eigenvalue weighted by Crippen LogP contribution is -2.33. The lowest BCUT2D eigenvalue weighted by Gasteiger charge is -2.22. The van der Waals surface area contributed by atoms with Gasteiger partial charge >= 0.3 is 0 Å². The number of unbranched alkanes of at least 4 members (excludes halogenated alkanes) is 1. The number of anilines is 1. The Hall–Kier alpha value is -2.05. The lowest BCUT2D eigenvalue weighted by molar-refractivity contribution is 0.0984. The maximum atomic E-state index is 13.1. The van der Waals surface area contributed by atoms with E-state index in [1.807, 2.05) is 19.1 Å². The van der Waals surface area contributed by atoms with E-state index in [1.54, 1.807) is 36.4 Å². The van der Waals surface area contributed by atoms with Gasteiger partial charge in [0.25, 0.3) is 5.91 Å². The fourth-order valence-electron chi connectivity index (χ4n) is 2.65. The Kier molecular flexibility index (Phi) is 7.48. The summed E-state index contributed by atoms with van der Waals surface area (Å²) in [6.07, 6.45) is 3.31. The first-order chi connectivity index (χ1) is 12.4. The summed E-state index contributed by atoms with van der Waals surface area (Å²) >= 11 is 3.36.